The lowest BCUT2D eigenvalue weighted by atomic mass is 10.1. The number of nitrogens with zero attached hydrogens (tertiary/aromatic N) is 1. The van der Waals surface area contributed by atoms with Crippen molar-refractivity contribution in [3.05, 3.63) is 77.0 Å². The van der Waals surface area contributed by atoms with Crippen molar-refractivity contribution in [1.82, 2.24) is 4.57 Å². The molecule has 1 N–H and O–H groups in total. The summed E-state index contributed by atoms with van der Waals surface area (Å²) in [4.78, 5) is 24.3. The molecule has 1 heterocycles. The number of aryl methyl sites for hydroxylation is 1. The van der Waals surface area contributed by atoms with Gasteiger partial charge in [-0.05, 0) is 69.2 Å². The number of rotatable bonds is 7. The predicted molar refractivity (Wildman–Crippen MR) is 114 cm³/mol. The zero-order valence-electron chi connectivity index (χ0n) is 16.9. The summed E-state index contributed by atoms with van der Waals surface area (Å²) >= 11 is 0. The number of carboxylic acids is 1. The topological polar surface area (TPSA) is 68.5 Å². The van der Waals surface area contributed by atoms with Crippen LogP contribution in [0.1, 0.15) is 41.9 Å². The number of aliphatic carboxylic acids is 1. The Kier molecular flexibility index (Phi) is 6.17. The summed E-state index contributed by atoms with van der Waals surface area (Å²) in [6.07, 6.45) is 2.89. The number of fused-ring (bicyclic) bond motifs is 1. The summed E-state index contributed by atoms with van der Waals surface area (Å²) in [6.45, 7) is 6.55. The lowest BCUT2D eigenvalue weighted by molar-refractivity contribution is -0.136. The molecule has 5 heteroatoms. The summed E-state index contributed by atoms with van der Waals surface area (Å²) in [5.74, 6) is -0.322. The number of benzene rings is 2. The molecule has 0 bridgehead atoms. The van der Waals surface area contributed by atoms with Crippen LogP contribution in [-0.4, -0.2) is 28.2 Å². The molecule has 5 nitrogen and oxygen atoms in total. The van der Waals surface area contributed by atoms with Crippen LogP contribution in [0.3, 0.4) is 0 Å². The molecule has 29 heavy (non-hydrogen) atoms. The van der Waals surface area contributed by atoms with E-state index < -0.39 is 5.97 Å². The molecule has 1 aromatic heterocycles. The second kappa shape index (κ2) is 8.78. The highest BCUT2D eigenvalue weighted by Gasteiger charge is 2.17. The zero-order chi connectivity index (χ0) is 21.0. The van der Waals surface area contributed by atoms with Crippen LogP contribution in [0.4, 0.5) is 0 Å². The summed E-state index contributed by atoms with van der Waals surface area (Å²) < 4.78 is 7.34. The standard InChI is InChI=1S/C24H25NO4/c1-16(2)6-5-13-29-20-11-9-18(10-12-20)24(28)25-17(3)14-21-19(15-23(26)27)7-4-8-22(21)25/h4,6-12,14H,5,13,15H2,1-3H3,(H,26,27). The fourth-order valence-corrected chi connectivity index (χ4v) is 3.36. The molecule has 3 aromatic rings. The monoisotopic (exact) mass is 391 g/mol. The van der Waals surface area contributed by atoms with Gasteiger partial charge >= 0.3 is 5.97 Å². The van der Waals surface area contributed by atoms with Crippen LogP contribution in [0.25, 0.3) is 10.9 Å². The molecule has 0 amide bonds. The molecule has 150 valence electrons. The fourth-order valence-electron chi connectivity index (χ4n) is 3.36. The third-order valence-electron chi connectivity index (χ3n) is 4.71. The molecule has 0 atom stereocenters. The first-order valence-corrected chi connectivity index (χ1v) is 9.59. The first-order valence-electron chi connectivity index (χ1n) is 9.59. The third-order valence-corrected chi connectivity index (χ3v) is 4.71. The Morgan fingerprint density at radius 1 is 1.10 bits per heavy atom. The van der Waals surface area contributed by atoms with Gasteiger partial charge in [-0.1, -0.05) is 23.8 Å². The summed E-state index contributed by atoms with van der Waals surface area (Å²) in [5, 5.41) is 9.92. The lowest BCUT2D eigenvalue weighted by Gasteiger charge is -2.09. The van der Waals surface area contributed by atoms with E-state index in [0.717, 1.165) is 23.3 Å². The van der Waals surface area contributed by atoms with E-state index in [4.69, 9.17) is 9.84 Å². The minimum absolute atomic E-state index is 0.0756. The number of hydrogen-bond acceptors (Lipinski definition) is 3. The maximum Gasteiger partial charge on any atom is 0.307 e. The Morgan fingerprint density at radius 3 is 2.48 bits per heavy atom. The van der Waals surface area contributed by atoms with Crippen LogP contribution in [0.15, 0.2) is 60.2 Å². The van der Waals surface area contributed by atoms with Crippen LogP contribution in [0, 0.1) is 6.92 Å². The normalized spacial score (nSPS) is 10.7. The van der Waals surface area contributed by atoms with E-state index >= 15 is 0 Å². The van der Waals surface area contributed by atoms with Gasteiger partial charge in [0.2, 0.25) is 0 Å². The lowest BCUT2D eigenvalue weighted by Crippen LogP contribution is -2.13. The molecule has 0 radical (unpaired) electrons. The number of aromatic nitrogens is 1. The fraction of sp³-hybridized carbons (Fsp3) is 0.250. The quantitative estimate of drug-likeness (QED) is 0.454. The van der Waals surface area contributed by atoms with Crippen molar-refractivity contribution in [2.45, 2.75) is 33.6 Å². The van der Waals surface area contributed by atoms with E-state index in [1.165, 1.54) is 5.57 Å². The van der Waals surface area contributed by atoms with Crippen LogP contribution in [0.5, 0.6) is 5.75 Å². The maximum atomic E-state index is 13.1. The van der Waals surface area contributed by atoms with Crippen molar-refractivity contribution >= 4 is 22.8 Å². The van der Waals surface area contributed by atoms with Gasteiger partial charge in [0.15, 0.2) is 0 Å². The van der Waals surface area contributed by atoms with E-state index in [-0.39, 0.29) is 12.3 Å². The minimum Gasteiger partial charge on any atom is -0.493 e. The van der Waals surface area contributed by atoms with E-state index in [2.05, 4.69) is 19.9 Å². The second-order valence-electron chi connectivity index (χ2n) is 7.29. The molecule has 0 saturated heterocycles. The molecular weight excluding hydrogens is 366 g/mol. The Hall–Kier alpha value is -3.34. The van der Waals surface area contributed by atoms with Crippen molar-refractivity contribution in [2.24, 2.45) is 0 Å². The molecule has 0 aliphatic rings. The number of allylic oxidation sites excluding steroid dienone is 1. The number of carboxylic acid groups (broad SMARTS) is 1. The SMILES string of the molecule is CC(C)=CCCOc1ccc(C(=O)n2c(C)cc3c(CC(=O)O)cccc32)cc1. The molecule has 0 aliphatic carbocycles. The van der Waals surface area contributed by atoms with E-state index in [9.17, 15) is 9.59 Å². The Bertz CT molecular complexity index is 1070. The van der Waals surface area contributed by atoms with Gasteiger partial charge < -0.3 is 9.84 Å². The van der Waals surface area contributed by atoms with Crippen LogP contribution >= 0.6 is 0 Å². The van der Waals surface area contributed by atoms with Gasteiger partial charge in [0.05, 0.1) is 18.5 Å². The van der Waals surface area contributed by atoms with Crippen LogP contribution < -0.4 is 4.74 Å². The first kappa shape index (κ1) is 20.4. The average molecular weight is 391 g/mol. The van der Waals surface area contributed by atoms with Crippen LogP contribution in [0.2, 0.25) is 0 Å². The molecule has 2 aromatic carbocycles. The Labute approximate surface area is 170 Å². The van der Waals surface area contributed by atoms with Crippen molar-refractivity contribution in [1.29, 1.82) is 0 Å². The van der Waals surface area contributed by atoms with Gasteiger partial charge in [-0.3, -0.25) is 14.2 Å². The number of carbonyl (C=O) groups excluding carboxylic acids is 1. The summed E-state index contributed by atoms with van der Waals surface area (Å²) in [5.41, 5.74) is 3.99. The number of carbonyl (C=O) groups is 2. The molecule has 0 unspecified atom stereocenters. The highest BCUT2D eigenvalue weighted by Crippen LogP contribution is 2.25. The van der Waals surface area contributed by atoms with Gasteiger partial charge in [0, 0.05) is 16.6 Å². The summed E-state index contributed by atoms with van der Waals surface area (Å²) in [7, 11) is 0. The van der Waals surface area contributed by atoms with Gasteiger partial charge in [0.25, 0.3) is 5.91 Å². The molecule has 0 aliphatic heterocycles. The van der Waals surface area contributed by atoms with Crippen molar-refractivity contribution in [2.75, 3.05) is 6.61 Å². The van der Waals surface area contributed by atoms with Crippen molar-refractivity contribution in [3.63, 3.8) is 0 Å². The van der Waals surface area contributed by atoms with E-state index in [1.807, 2.05) is 19.1 Å². The Balaban J connectivity index is 1.83. The smallest absolute Gasteiger partial charge is 0.307 e. The highest BCUT2D eigenvalue weighted by molar-refractivity contribution is 6.04. The Morgan fingerprint density at radius 2 is 1.83 bits per heavy atom. The average Bonchev–Trinajstić information content (AvgIpc) is 3.01. The van der Waals surface area contributed by atoms with E-state index in [0.29, 0.717) is 23.3 Å². The third kappa shape index (κ3) is 4.74. The number of ether oxygens (including phenoxy) is 1. The van der Waals surface area contributed by atoms with Gasteiger partial charge in [-0.25, -0.2) is 0 Å². The van der Waals surface area contributed by atoms with Crippen LogP contribution in [-0.2, 0) is 11.2 Å². The first-order chi connectivity index (χ1) is 13.9. The largest absolute Gasteiger partial charge is 0.493 e. The van der Waals surface area contributed by atoms with E-state index in [1.54, 1.807) is 41.0 Å². The van der Waals surface area contributed by atoms with Gasteiger partial charge in [-0.2, -0.15) is 0 Å². The van der Waals surface area contributed by atoms with Gasteiger partial charge in [0.1, 0.15) is 5.75 Å². The van der Waals surface area contributed by atoms with Crippen molar-refractivity contribution < 1.29 is 19.4 Å². The highest BCUT2D eigenvalue weighted by atomic mass is 16.5. The minimum atomic E-state index is -0.894. The molecular formula is C24H25NO4. The second-order valence-corrected chi connectivity index (χ2v) is 7.29. The van der Waals surface area contributed by atoms with Crippen molar-refractivity contribution in [3.8, 4) is 5.75 Å². The molecule has 0 spiro atoms. The number of hydrogen-bond donors (Lipinski definition) is 1. The summed E-state index contributed by atoms with van der Waals surface area (Å²) in [6, 6.07) is 14.4. The molecule has 0 fully saturated rings. The molecule has 3 rings (SSSR count). The maximum absolute atomic E-state index is 13.1. The predicted octanol–water partition coefficient (Wildman–Crippen LogP) is 5.00. The zero-order valence-corrected chi connectivity index (χ0v) is 16.9. The van der Waals surface area contributed by atoms with Gasteiger partial charge in [-0.15, -0.1) is 0 Å². The molecule has 0 saturated carbocycles.